The third-order valence-corrected chi connectivity index (χ3v) is 8.98. The van der Waals surface area contributed by atoms with Crippen molar-refractivity contribution < 1.29 is 22.7 Å². The van der Waals surface area contributed by atoms with Crippen molar-refractivity contribution in [1.29, 1.82) is 0 Å². The summed E-state index contributed by atoms with van der Waals surface area (Å²) in [7, 11) is -2.55. The van der Waals surface area contributed by atoms with E-state index in [0.717, 1.165) is 27.4 Å². The van der Waals surface area contributed by atoms with E-state index >= 15 is 0 Å². The molecule has 3 rings (SSSR count). The summed E-state index contributed by atoms with van der Waals surface area (Å²) in [6.45, 7) is 10.7. The highest BCUT2D eigenvalue weighted by Crippen LogP contribution is 2.29. The van der Waals surface area contributed by atoms with Crippen molar-refractivity contribution in [3.05, 3.63) is 89.0 Å². The number of hydrogen-bond donors (Lipinski definition) is 1. The quantitative estimate of drug-likeness (QED) is 0.320. The molecule has 1 N–H and O–H groups in total. The van der Waals surface area contributed by atoms with Crippen LogP contribution < -0.4 is 14.4 Å². The standard InChI is InChI=1S/C32H41N3O5S/c1-8-25(5)33-32(37)26(6)34(20-27-13-15-28(40-7)16-14-27)31(36)21-35(30-19-23(3)9-12-24(30)4)41(38,39)29-17-10-22(2)11-18-29/h9-19,25-26H,8,20-21H2,1-7H3,(H,33,37)/t25-,26-/m1/s1. The van der Waals surface area contributed by atoms with Crippen LogP contribution >= 0.6 is 0 Å². The van der Waals surface area contributed by atoms with E-state index < -0.39 is 28.5 Å². The normalized spacial score (nSPS) is 12.8. The number of nitrogens with zero attached hydrogens (tertiary/aromatic N) is 2. The van der Waals surface area contributed by atoms with Gasteiger partial charge in [-0.05, 0) is 88.1 Å². The van der Waals surface area contributed by atoms with Crippen molar-refractivity contribution >= 4 is 27.5 Å². The molecule has 0 spiro atoms. The molecule has 2 atom stereocenters. The van der Waals surface area contributed by atoms with Gasteiger partial charge in [-0.15, -0.1) is 0 Å². The molecule has 8 nitrogen and oxygen atoms in total. The van der Waals surface area contributed by atoms with Gasteiger partial charge in [-0.2, -0.15) is 0 Å². The molecule has 9 heteroatoms. The van der Waals surface area contributed by atoms with Crippen LogP contribution in [0.15, 0.2) is 71.6 Å². The first-order valence-corrected chi connectivity index (χ1v) is 15.2. The van der Waals surface area contributed by atoms with E-state index in [-0.39, 0.29) is 23.4 Å². The molecule has 0 fully saturated rings. The van der Waals surface area contributed by atoms with E-state index in [2.05, 4.69) is 5.32 Å². The summed E-state index contributed by atoms with van der Waals surface area (Å²) in [4.78, 5) is 28.8. The summed E-state index contributed by atoms with van der Waals surface area (Å²) in [6, 6.07) is 18.3. The van der Waals surface area contributed by atoms with Crippen LogP contribution in [0.1, 0.15) is 49.4 Å². The Labute approximate surface area is 244 Å². The molecule has 0 aliphatic rings. The molecule has 41 heavy (non-hydrogen) atoms. The second-order valence-corrected chi connectivity index (χ2v) is 12.3. The number of anilines is 1. The van der Waals surface area contributed by atoms with Crippen molar-refractivity contribution in [3.8, 4) is 5.75 Å². The Balaban J connectivity index is 2.06. The van der Waals surface area contributed by atoms with Gasteiger partial charge in [0.2, 0.25) is 11.8 Å². The third-order valence-electron chi connectivity index (χ3n) is 7.20. The number of benzene rings is 3. The average molecular weight is 580 g/mol. The Kier molecular flexibility index (Phi) is 10.6. The van der Waals surface area contributed by atoms with Crippen molar-refractivity contribution in [2.75, 3.05) is 18.0 Å². The van der Waals surface area contributed by atoms with Crippen LogP contribution in [0, 0.1) is 20.8 Å². The van der Waals surface area contributed by atoms with E-state index in [1.165, 1.54) is 4.90 Å². The number of sulfonamides is 1. The number of methoxy groups -OCH3 is 1. The van der Waals surface area contributed by atoms with Gasteiger partial charge in [-0.25, -0.2) is 8.42 Å². The van der Waals surface area contributed by atoms with Crippen molar-refractivity contribution in [1.82, 2.24) is 10.2 Å². The van der Waals surface area contributed by atoms with Crippen LogP contribution in [0.3, 0.4) is 0 Å². The molecule has 0 unspecified atom stereocenters. The number of nitrogens with one attached hydrogen (secondary N) is 1. The van der Waals surface area contributed by atoms with Gasteiger partial charge in [0, 0.05) is 12.6 Å². The van der Waals surface area contributed by atoms with Gasteiger partial charge in [0.05, 0.1) is 17.7 Å². The Hall–Kier alpha value is -3.85. The zero-order chi connectivity index (χ0) is 30.3. The zero-order valence-corrected chi connectivity index (χ0v) is 25.8. The molecule has 3 aromatic carbocycles. The molecule has 0 bridgehead atoms. The number of aryl methyl sites for hydroxylation is 3. The largest absolute Gasteiger partial charge is 0.497 e. The predicted octanol–water partition coefficient (Wildman–Crippen LogP) is 5.15. The number of carbonyl (C=O) groups is 2. The van der Waals surface area contributed by atoms with Crippen LogP contribution in [-0.2, 0) is 26.2 Å². The molecule has 0 radical (unpaired) electrons. The van der Waals surface area contributed by atoms with Gasteiger partial charge < -0.3 is 15.0 Å². The minimum absolute atomic E-state index is 0.0729. The van der Waals surface area contributed by atoms with E-state index in [1.807, 2.05) is 58.9 Å². The van der Waals surface area contributed by atoms with Crippen molar-refractivity contribution in [2.45, 2.75) is 71.5 Å². The molecular weight excluding hydrogens is 538 g/mol. The molecule has 0 aromatic heterocycles. The van der Waals surface area contributed by atoms with Crippen LogP contribution in [0.5, 0.6) is 5.75 Å². The maximum Gasteiger partial charge on any atom is 0.264 e. The second kappa shape index (κ2) is 13.7. The van der Waals surface area contributed by atoms with Gasteiger partial charge in [0.1, 0.15) is 18.3 Å². The summed E-state index contributed by atoms with van der Waals surface area (Å²) in [5.41, 5.74) is 3.69. The molecule has 220 valence electrons. The lowest BCUT2D eigenvalue weighted by Gasteiger charge is -2.33. The fourth-order valence-corrected chi connectivity index (χ4v) is 5.79. The van der Waals surface area contributed by atoms with Crippen molar-refractivity contribution in [3.63, 3.8) is 0 Å². The highest BCUT2D eigenvalue weighted by atomic mass is 32.2. The SMILES string of the molecule is CC[C@@H](C)NC(=O)[C@@H](C)N(Cc1ccc(OC)cc1)C(=O)CN(c1cc(C)ccc1C)S(=O)(=O)c1ccc(C)cc1. The fraction of sp³-hybridized carbons (Fsp3) is 0.375. The van der Waals surface area contributed by atoms with Crippen LogP contribution in [0.25, 0.3) is 0 Å². The zero-order valence-electron chi connectivity index (χ0n) is 25.0. The maximum atomic E-state index is 14.1. The summed E-state index contributed by atoms with van der Waals surface area (Å²) >= 11 is 0. The smallest absolute Gasteiger partial charge is 0.264 e. The third kappa shape index (κ3) is 7.88. The average Bonchev–Trinajstić information content (AvgIpc) is 2.95. The number of carbonyl (C=O) groups excluding carboxylic acids is 2. The van der Waals surface area contributed by atoms with Gasteiger partial charge >= 0.3 is 0 Å². The topological polar surface area (TPSA) is 96.0 Å². The Morgan fingerprint density at radius 3 is 2.10 bits per heavy atom. The van der Waals surface area contributed by atoms with E-state index in [9.17, 15) is 18.0 Å². The molecule has 0 aliphatic heterocycles. The number of rotatable bonds is 12. The Morgan fingerprint density at radius 2 is 1.51 bits per heavy atom. The highest BCUT2D eigenvalue weighted by molar-refractivity contribution is 7.92. The van der Waals surface area contributed by atoms with Crippen LogP contribution in [0.4, 0.5) is 5.69 Å². The van der Waals surface area contributed by atoms with Crippen LogP contribution in [0.2, 0.25) is 0 Å². The summed E-state index contributed by atoms with van der Waals surface area (Å²) in [5.74, 6) is -0.135. The van der Waals surface area contributed by atoms with Gasteiger partial charge in [-0.1, -0.05) is 48.9 Å². The first-order valence-electron chi connectivity index (χ1n) is 13.8. The molecule has 0 aliphatic carbocycles. The van der Waals surface area contributed by atoms with Crippen molar-refractivity contribution in [2.24, 2.45) is 0 Å². The Morgan fingerprint density at radius 1 is 0.902 bits per heavy atom. The Bertz CT molecular complexity index is 1450. The molecule has 0 heterocycles. The molecular formula is C32H41N3O5S. The summed E-state index contributed by atoms with van der Waals surface area (Å²) in [6.07, 6.45) is 0.736. The number of amides is 2. The van der Waals surface area contributed by atoms with E-state index in [4.69, 9.17) is 4.74 Å². The molecule has 3 aromatic rings. The monoisotopic (exact) mass is 579 g/mol. The van der Waals surface area contributed by atoms with Gasteiger partial charge in [-0.3, -0.25) is 13.9 Å². The van der Waals surface area contributed by atoms with Gasteiger partial charge in [0.15, 0.2) is 0 Å². The second-order valence-electron chi connectivity index (χ2n) is 10.5. The van der Waals surface area contributed by atoms with E-state index in [1.54, 1.807) is 56.5 Å². The van der Waals surface area contributed by atoms with Crippen LogP contribution in [-0.4, -0.2) is 50.9 Å². The predicted molar refractivity (Wildman–Crippen MR) is 163 cm³/mol. The molecule has 2 amide bonds. The maximum absolute atomic E-state index is 14.1. The summed E-state index contributed by atoms with van der Waals surface area (Å²) < 4.78 is 34.5. The lowest BCUT2D eigenvalue weighted by atomic mass is 10.1. The number of ether oxygens (including phenoxy) is 1. The van der Waals surface area contributed by atoms with Gasteiger partial charge in [0.25, 0.3) is 10.0 Å². The molecule has 0 saturated carbocycles. The summed E-state index contributed by atoms with van der Waals surface area (Å²) in [5, 5.41) is 2.95. The minimum atomic E-state index is -4.12. The first-order chi connectivity index (χ1) is 19.4. The first kappa shape index (κ1) is 31.7. The lowest BCUT2D eigenvalue weighted by Crippen LogP contribution is -2.52. The molecule has 0 saturated heterocycles. The van der Waals surface area contributed by atoms with E-state index in [0.29, 0.717) is 17.0 Å². The highest BCUT2D eigenvalue weighted by Gasteiger charge is 2.33. The number of hydrogen-bond acceptors (Lipinski definition) is 5. The fourth-order valence-electron chi connectivity index (χ4n) is 4.31. The minimum Gasteiger partial charge on any atom is -0.497 e. The lowest BCUT2D eigenvalue weighted by molar-refractivity contribution is -0.139.